The molecule has 6 nitrogen and oxygen atoms in total. The molecular formula is C16H29N3O3. The van der Waals surface area contributed by atoms with E-state index in [-0.39, 0.29) is 41.8 Å². The molecule has 2 rings (SSSR count). The van der Waals surface area contributed by atoms with E-state index < -0.39 is 6.04 Å². The first-order valence-corrected chi connectivity index (χ1v) is 8.35. The molecule has 3 atom stereocenters. The highest BCUT2D eigenvalue weighted by Gasteiger charge is 2.59. The SMILES string of the molecule is CCOC1CC(NC(=O)CNC(=O)[C@@H](N)C(C)C)C12CCC2. The number of ether oxygens (including phenoxy) is 1. The van der Waals surface area contributed by atoms with E-state index in [1.807, 2.05) is 20.8 Å². The van der Waals surface area contributed by atoms with Gasteiger partial charge in [0.15, 0.2) is 0 Å². The van der Waals surface area contributed by atoms with Crippen molar-refractivity contribution in [2.75, 3.05) is 13.2 Å². The van der Waals surface area contributed by atoms with E-state index in [1.54, 1.807) is 0 Å². The average molecular weight is 311 g/mol. The Labute approximate surface area is 132 Å². The molecule has 2 fully saturated rings. The van der Waals surface area contributed by atoms with Gasteiger partial charge in [-0.1, -0.05) is 20.3 Å². The van der Waals surface area contributed by atoms with E-state index in [0.29, 0.717) is 0 Å². The van der Waals surface area contributed by atoms with Crippen molar-refractivity contribution in [3.05, 3.63) is 0 Å². The Hall–Kier alpha value is -1.14. The molecule has 2 amide bonds. The van der Waals surface area contributed by atoms with Crippen molar-refractivity contribution in [3.63, 3.8) is 0 Å². The van der Waals surface area contributed by atoms with Gasteiger partial charge in [0.25, 0.3) is 0 Å². The van der Waals surface area contributed by atoms with E-state index >= 15 is 0 Å². The van der Waals surface area contributed by atoms with E-state index in [0.717, 1.165) is 25.9 Å². The minimum atomic E-state index is -0.572. The van der Waals surface area contributed by atoms with Gasteiger partial charge in [-0.15, -0.1) is 0 Å². The van der Waals surface area contributed by atoms with Crippen LogP contribution in [0.15, 0.2) is 0 Å². The Morgan fingerprint density at radius 2 is 2.05 bits per heavy atom. The predicted molar refractivity (Wildman–Crippen MR) is 84.1 cm³/mol. The molecule has 2 aliphatic rings. The van der Waals surface area contributed by atoms with Crippen molar-refractivity contribution >= 4 is 11.8 Å². The monoisotopic (exact) mass is 311 g/mol. The maximum absolute atomic E-state index is 12.0. The van der Waals surface area contributed by atoms with E-state index in [9.17, 15) is 9.59 Å². The van der Waals surface area contributed by atoms with Gasteiger partial charge in [0.05, 0.1) is 18.7 Å². The van der Waals surface area contributed by atoms with E-state index in [2.05, 4.69) is 10.6 Å². The predicted octanol–water partition coefficient (Wildman–Crippen LogP) is 0.550. The van der Waals surface area contributed by atoms with Gasteiger partial charge in [0.2, 0.25) is 11.8 Å². The molecule has 0 radical (unpaired) electrons. The summed E-state index contributed by atoms with van der Waals surface area (Å²) in [7, 11) is 0. The smallest absolute Gasteiger partial charge is 0.239 e. The Balaban J connectivity index is 1.75. The van der Waals surface area contributed by atoms with Gasteiger partial charge in [-0.25, -0.2) is 0 Å². The van der Waals surface area contributed by atoms with E-state index in [1.165, 1.54) is 6.42 Å². The lowest BCUT2D eigenvalue weighted by Crippen LogP contribution is -2.68. The minimum Gasteiger partial charge on any atom is -0.378 e. The normalized spacial score (nSPS) is 27.0. The van der Waals surface area contributed by atoms with E-state index in [4.69, 9.17) is 10.5 Å². The van der Waals surface area contributed by atoms with Crippen LogP contribution in [0.3, 0.4) is 0 Å². The zero-order valence-corrected chi connectivity index (χ0v) is 13.9. The third-order valence-electron chi connectivity index (χ3n) is 5.22. The molecule has 2 unspecified atom stereocenters. The molecule has 0 aromatic rings. The summed E-state index contributed by atoms with van der Waals surface area (Å²) in [5.41, 5.74) is 5.89. The lowest BCUT2D eigenvalue weighted by molar-refractivity contribution is -0.175. The van der Waals surface area contributed by atoms with Crippen molar-refractivity contribution in [3.8, 4) is 0 Å². The Kier molecular flexibility index (Phi) is 5.45. The number of amides is 2. The van der Waals surface area contributed by atoms with Crippen LogP contribution in [0, 0.1) is 11.3 Å². The van der Waals surface area contributed by atoms with Gasteiger partial charge in [-0.2, -0.15) is 0 Å². The Bertz CT molecular complexity index is 421. The molecule has 126 valence electrons. The molecule has 2 saturated carbocycles. The molecule has 0 aromatic heterocycles. The standard InChI is InChI=1S/C16H29N3O3/c1-4-22-12-8-11(16(12)6-5-7-16)19-13(20)9-18-15(21)14(17)10(2)3/h10-12,14H,4-9,17H2,1-3H3,(H,18,21)(H,19,20)/t11?,12?,14-/m0/s1. The van der Waals surface area contributed by atoms with Crippen LogP contribution in [0.1, 0.15) is 46.5 Å². The molecule has 6 heteroatoms. The average Bonchev–Trinajstić information content (AvgIpc) is 2.40. The zero-order valence-electron chi connectivity index (χ0n) is 13.9. The van der Waals surface area contributed by atoms with Crippen molar-refractivity contribution in [2.24, 2.45) is 17.1 Å². The third-order valence-corrected chi connectivity index (χ3v) is 5.22. The zero-order chi connectivity index (χ0) is 16.3. The van der Waals surface area contributed by atoms with Gasteiger partial charge >= 0.3 is 0 Å². The highest BCUT2D eigenvalue weighted by Crippen LogP contribution is 2.57. The highest BCUT2D eigenvalue weighted by atomic mass is 16.5. The fraction of sp³-hybridized carbons (Fsp3) is 0.875. The second kappa shape index (κ2) is 6.96. The fourth-order valence-corrected chi connectivity index (χ4v) is 3.47. The molecule has 4 N–H and O–H groups in total. The molecule has 0 bridgehead atoms. The molecule has 22 heavy (non-hydrogen) atoms. The Morgan fingerprint density at radius 3 is 2.55 bits per heavy atom. The molecule has 1 spiro atoms. The summed E-state index contributed by atoms with van der Waals surface area (Å²) in [4.78, 5) is 23.8. The lowest BCUT2D eigenvalue weighted by atomic mass is 9.51. The number of nitrogens with one attached hydrogen (secondary N) is 2. The number of carbonyl (C=O) groups is 2. The summed E-state index contributed by atoms with van der Waals surface area (Å²) in [5.74, 6) is -0.361. The van der Waals surface area contributed by atoms with Crippen molar-refractivity contribution < 1.29 is 14.3 Å². The maximum Gasteiger partial charge on any atom is 0.239 e. The lowest BCUT2D eigenvalue weighted by Gasteiger charge is -2.61. The molecular weight excluding hydrogens is 282 g/mol. The third kappa shape index (κ3) is 3.27. The first-order chi connectivity index (χ1) is 10.4. The number of carbonyl (C=O) groups excluding carboxylic acids is 2. The van der Waals surface area contributed by atoms with Gasteiger partial charge < -0.3 is 21.1 Å². The highest BCUT2D eigenvalue weighted by molar-refractivity contribution is 5.87. The van der Waals surface area contributed by atoms with Crippen molar-refractivity contribution in [2.45, 2.75) is 64.6 Å². The van der Waals surface area contributed by atoms with Crippen LogP contribution in [0.2, 0.25) is 0 Å². The number of hydrogen-bond donors (Lipinski definition) is 3. The molecule has 0 aromatic carbocycles. The Morgan fingerprint density at radius 1 is 1.36 bits per heavy atom. The molecule has 0 saturated heterocycles. The van der Waals surface area contributed by atoms with Crippen molar-refractivity contribution in [1.82, 2.24) is 10.6 Å². The topological polar surface area (TPSA) is 93.5 Å². The number of hydrogen-bond acceptors (Lipinski definition) is 4. The first kappa shape index (κ1) is 17.2. The maximum atomic E-state index is 12.0. The summed E-state index contributed by atoms with van der Waals surface area (Å²) >= 11 is 0. The summed E-state index contributed by atoms with van der Waals surface area (Å²) in [6.45, 7) is 6.48. The number of nitrogens with two attached hydrogens (primary N) is 1. The van der Waals surface area contributed by atoms with Gasteiger partial charge in [0, 0.05) is 18.1 Å². The fourth-order valence-electron chi connectivity index (χ4n) is 3.47. The summed E-state index contributed by atoms with van der Waals surface area (Å²) in [6.07, 6.45) is 4.59. The number of rotatable bonds is 7. The first-order valence-electron chi connectivity index (χ1n) is 8.35. The van der Waals surface area contributed by atoms with Crippen LogP contribution in [0.25, 0.3) is 0 Å². The summed E-state index contributed by atoms with van der Waals surface area (Å²) < 4.78 is 5.77. The van der Waals surface area contributed by atoms with Gasteiger partial charge in [0.1, 0.15) is 0 Å². The second-order valence-corrected chi connectivity index (χ2v) is 6.87. The minimum absolute atomic E-state index is 0.00879. The van der Waals surface area contributed by atoms with Crippen molar-refractivity contribution in [1.29, 1.82) is 0 Å². The van der Waals surface area contributed by atoms with Crippen LogP contribution < -0.4 is 16.4 Å². The largest absolute Gasteiger partial charge is 0.378 e. The van der Waals surface area contributed by atoms with Crippen LogP contribution in [-0.4, -0.2) is 43.2 Å². The van der Waals surface area contributed by atoms with Crippen LogP contribution in [-0.2, 0) is 14.3 Å². The molecule has 2 aliphatic carbocycles. The molecule has 0 aliphatic heterocycles. The van der Waals surface area contributed by atoms with Gasteiger partial charge in [-0.05, 0) is 32.1 Å². The second-order valence-electron chi connectivity index (χ2n) is 6.87. The molecule has 0 heterocycles. The van der Waals surface area contributed by atoms with Crippen LogP contribution in [0.5, 0.6) is 0 Å². The quantitative estimate of drug-likeness (QED) is 0.640. The van der Waals surface area contributed by atoms with Crippen LogP contribution in [0.4, 0.5) is 0 Å². The summed E-state index contributed by atoms with van der Waals surface area (Å²) in [6, 6.07) is -0.391. The summed E-state index contributed by atoms with van der Waals surface area (Å²) in [5, 5.41) is 5.66. The van der Waals surface area contributed by atoms with Crippen LogP contribution >= 0.6 is 0 Å². The van der Waals surface area contributed by atoms with Gasteiger partial charge in [-0.3, -0.25) is 9.59 Å².